The normalized spacial score (nSPS) is 19.8. The van der Waals surface area contributed by atoms with Gasteiger partial charge >= 0.3 is 0 Å². The summed E-state index contributed by atoms with van der Waals surface area (Å²) in [7, 11) is 0. The highest BCUT2D eigenvalue weighted by molar-refractivity contribution is 5.81. The number of rotatable bonds is 4. The number of hydrogen-bond acceptors (Lipinski definition) is 5. The number of nitrogens with one attached hydrogen (secondary N) is 1. The molecule has 0 spiro atoms. The fourth-order valence-corrected chi connectivity index (χ4v) is 2.82. The summed E-state index contributed by atoms with van der Waals surface area (Å²) in [6, 6.07) is 10.3. The number of hydrogen-bond donors (Lipinski definition) is 2. The molecule has 2 aromatic rings. The smallest absolute Gasteiger partial charge is 0.145 e. The van der Waals surface area contributed by atoms with Gasteiger partial charge in [0.25, 0.3) is 0 Å². The van der Waals surface area contributed by atoms with E-state index in [2.05, 4.69) is 34.4 Å². The lowest BCUT2D eigenvalue weighted by molar-refractivity contribution is -0.0324. The highest BCUT2D eigenvalue weighted by Gasteiger charge is 2.20. The van der Waals surface area contributed by atoms with Gasteiger partial charge in [-0.15, -0.1) is 0 Å². The number of nitrogens with zero attached hydrogens (tertiary/aromatic N) is 2. The van der Waals surface area contributed by atoms with Crippen LogP contribution in [0.1, 0.15) is 18.9 Å². The molecule has 2 heterocycles. The maximum atomic E-state index is 5.72. The van der Waals surface area contributed by atoms with E-state index in [4.69, 9.17) is 10.6 Å². The Labute approximate surface area is 125 Å². The summed E-state index contributed by atoms with van der Waals surface area (Å²) in [4.78, 5) is 7.01. The minimum absolute atomic E-state index is 0.335. The average molecular weight is 286 g/mol. The molecule has 1 fully saturated rings. The number of pyridine rings is 1. The van der Waals surface area contributed by atoms with Gasteiger partial charge in [0, 0.05) is 30.6 Å². The molecule has 1 unspecified atom stereocenters. The predicted molar refractivity (Wildman–Crippen MR) is 84.9 cm³/mol. The Hall–Kier alpha value is -1.69. The molecule has 5 heteroatoms. The Morgan fingerprint density at radius 1 is 1.43 bits per heavy atom. The van der Waals surface area contributed by atoms with E-state index >= 15 is 0 Å². The lowest BCUT2D eigenvalue weighted by atomic mass is 10.1. The van der Waals surface area contributed by atoms with E-state index in [-0.39, 0.29) is 0 Å². The van der Waals surface area contributed by atoms with Gasteiger partial charge in [0.1, 0.15) is 5.82 Å². The number of hydrazine groups is 1. The second-order valence-corrected chi connectivity index (χ2v) is 5.47. The second-order valence-electron chi connectivity index (χ2n) is 5.47. The van der Waals surface area contributed by atoms with Crippen molar-refractivity contribution in [2.24, 2.45) is 5.84 Å². The molecule has 1 aromatic heterocycles. The number of benzene rings is 1. The summed E-state index contributed by atoms with van der Waals surface area (Å²) in [6.07, 6.45) is 1.38. The Bertz CT molecular complexity index is 616. The first-order valence-electron chi connectivity index (χ1n) is 7.49. The van der Waals surface area contributed by atoms with Crippen LogP contribution in [-0.4, -0.2) is 35.7 Å². The van der Waals surface area contributed by atoms with Crippen molar-refractivity contribution < 1.29 is 4.74 Å². The van der Waals surface area contributed by atoms with E-state index in [9.17, 15) is 0 Å². The van der Waals surface area contributed by atoms with E-state index in [1.54, 1.807) is 0 Å². The molecule has 1 saturated heterocycles. The number of nitrogen functional groups attached to an aromatic ring is 1. The molecule has 0 saturated carbocycles. The standard InChI is InChI=1S/C16H22N4O/c1-2-14-11-20(7-8-21-14)10-13-9-12-5-3-4-6-15(12)18-16(13)19-17/h3-6,9,14H,2,7-8,10-11,17H2,1H3,(H,18,19). The monoisotopic (exact) mass is 286 g/mol. The predicted octanol–water partition coefficient (Wildman–Crippen LogP) is 2.13. The molecule has 5 nitrogen and oxygen atoms in total. The molecule has 3 N–H and O–H groups in total. The van der Waals surface area contributed by atoms with Crippen LogP contribution in [0.15, 0.2) is 30.3 Å². The Kier molecular flexibility index (Phi) is 4.34. The highest BCUT2D eigenvalue weighted by Crippen LogP contribution is 2.22. The lowest BCUT2D eigenvalue weighted by Gasteiger charge is -2.32. The zero-order valence-electron chi connectivity index (χ0n) is 12.4. The minimum atomic E-state index is 0.335. The number of morpholine rings is 1. The van der Waals surface area contributed by atoms with Crippen LogP contribution in [-0.2, 0) is 11.3 Å². The molecule has 1 atom stereocenters. The topological polar surface area (TPSA) is 63.4 Å². The molecular formula is C16H22N4O. The van der Waals surface area contributed by atoms with E-state index < -0.39 is 0 Å². The van der Waals surface area contributed by atoms with Gasteiger partial charge in [-0.3, -0.25) is 4.90 Å². The first kappa shape index (κ1) is 14.3. The summed E-state index contributed by atoms with van der Waals surface area (Å²) in [5.74, 6) is 6.40. The van der Waals surface area contributed by atoms with Crippen LogP contribution in [0.2, 0.25) is 0 Å². The van der Waals surface area contributed by atoms with Crippen molar-refractivity contribution in [3.8, 4) is 0 Å². The molecule has 21 heavy (non-hydrogen) atoms. The number of nitrogens with two attached hydrogens (primary N) is 1. The van der Waals surface area contributed by atoms with Crippen LogP contribution in [0.4, 0.5) is 5.82 Å². The maximum absolute atomic E-state index is 5.72. The quantitative estimate of drug-likeness (QED) is 0.666. The van der Waals surface area contributed by atoms with E-state index in [1.165, 1.54) is 0 Å². The Morgan fingerprint density at radius 2 is 2.29 bits per heavy atom. The Morgan fingerprint density at radius 3 is 3.10 bits per heavy atom. The molecule has 1 aliphatic rings. The fourth-order valence-electron chi connectivity index (χ4n) is 2.82. The van der Waals surface area contributed by atoms with Gasteiger partial charge in [0.05, 0.1) is 18.2 Å². The van der Waals surface area contributed by atoms with Gasteiger partial charge in [-0.05, 0) is 18.6 Å². The Balaban J connectivity index is 1.85. The molecule has 1 aromatic carbocycles. The highest BCUT2D eigenvalue weighted by atomic mass is 16.5. The van der Waals surface area contributed by atoms with Crippen LogP contribution < -0.4 is 11.3 Å². The van der Waals surface area contributed by atoms with Crippen molar-refractivity contribution in [1.82, 2.24) is 9.88 Å². The number of aromatic nitrogens is 1. The molecule has 112 valence electrons. The molecular weight excluding hydrogens is 264 g/mol. The molecule has 0 amide bonds. The van der Waals surface area contributed by atoms with Gasteiger partial charge in [0.15, 0.2) is 0 Å². The van der Waals surface area contributed by atoms with Gasteiger partial charge in [0.2, 0.25) is 0 Å². The summed E-state index contributed by atoms with van der Waals surface area (Å²) in [6.45, 7) is 5.72. The molecule has 0 aliphatic carbocycles. The summed E-state index contributed by atoms with van der Waals surface area (Å²) in [5, 5.41) is 1.15. The van der Waals surface area contributed by atoms with Crippen LogP contribution in [0.3, 0.4) is 0 Å². The molecule has 1 aliphatic heterocycles. The zero-order valence-corrected chi connectivity index (χ0v) is 12.4. The maximum Gasteiger partial charge on any atom is 0.145 e. The van der Waals surface area contributed by atoms with Crippen LogP contribution in [0, 0.1) is 0 Å². The number of ether oxygens (including phenoxy) is 1. The van der Waals surface area contributed by atoms with Crippen molar-refractivity contribution in [3.05, 3.63) is 35.9 Å². The lowest BCUT2D eigenvalue weighted by Crippen LogP contribution is -2.41. The molecule has 0 radical (unpaired) electrons. The second kappa shape index (κ2) is 6.39. The van der Waals surface area contributed by atoms with Gasteiger partial charge in [-0.1, -0.05) is 25.1 Å². The third-order valence-electron chi connectivity index (χ3n) is 4.01. The number of para-hydroxylation sites is 1. The van der Waals surface area contributed by atoms with Crippen molar-refractivity contribution in [2.75, 3.05) is 25.1 Å². The van der Waals surface area contributed by atoms with Gasteiger partial charge < -0.3 is 10.2 Å². The SMILES string of the molecule is CCC1CN(Cc2cc3ccccc3nc2NN)CCO1. The first-order chi connectivity index (χ1) is 10.3. The number of anilines is 1. The van der Waals surface area contributed by atoms with Crippen LogP contribution in [0.25, 0.3) is 10.9 Å². The van der Waals surface area contributed by atoms with Crippen LogP contribution in [0.5, 0.6) is 0 Å². The molecule has 0 bridgehead atoms. The average Bonchev–Trinajstić information content (AvgIpc) is 2.54. The van der Waals surface area contributed by atoms with Gasteiger partial charge in [-0.25, -0.2) is 10.8 Å². The largest absolute Gasteiger partial charge is 0.376 e. The van der Waals surface area contributed by atoms with E-state index in [1.807, 2.05) is 18.2 Å². The van der Waals surface area contributed by atoms with E-state index in [0.717, 1.165) is 54.9 Å². The van der Waals surface area contributed by atoms with Crippen LogP contribution >= 0.6 is 0 Å². The third kappa shape index (κ3) is 3.15. The van der Waals surface area contributed by atoms with Crippen molar-refractivity contribution in [3.63, 3.8) is 0 Å². The summed E-state index contributed by atoms with van der Waals surface area (Å²) >= 11 is 0. The summed E-state index contributed by atoms with van der Waals surface area (Å²) in [5.41, 5.74) is 4.83. The first-order valence-corrected chi connectivity index (χ1v) is 7.49. The van der Waals surface area contributed by atoms with Crippen molar-refractivity contribution in [2.45, 2.75) is 26.0 Å². The fraction of sp³-hybridized carbons (Fsp3) is 0.438. The zero-order chi connectivity index (χ0) is 14.7. The van der Waals surface area contributed by atoms with Crippen molar-refractivity contribution in [1.29, 1.82) is 0 Å². The molecule has 3 rings (SSSR count). The summed E-state index contributed by atoms with van der Waals surface area (Å²) < 4.78 is 5.72. The van der Waals surface area contributed by atoms with E-state index in [0.29, 0.717) is 6.10 Å². The minimum Gasteiger partial charge on any atom is -0.376 e. The van der Waals surface area contributed by atoms with Gasteiger partial charge in [-0.2, -0.15) is 0 Å². The number of fused-ring (bicyclic) bond motifs is 1. The van der Waals surface area contributed by atoms with Crippen molar-refractivity contribution >= 4 is 16.7 Å². The third-order valence-corrected chi connectivity index (χ3v) is 4.01.